The van der Waals surface area contributed by atoms with Gasteiger partial charge in [-0.25, -0.2) is 4.68 Å². The van der Waals surface area contributed by atoms with Crippen molar-refractivity contribution in [1.82, 2.24) is 20.2 Å². The van der Waals surface area contributed by atoms with Crippen LogP contribution in [-0.4, -0.2) is 37.9 Å². The van der Waals surface area contributed by atoms with Gasteiger partial charge in [0.15, 0.2) is 5.82 Å². The Hall–Kier alpha value is -1.50. The van der Waals surface area contributed by atoms with Crippen molar-refractivity contribution in [1.29, 1.82) is 0 Å². The second-order valence-corrected chi connectivity index (χ2v) is 3.54. The van der Waals surface area contributed by atoms with Gasteiger partial charge in [0.25, 0.3) is 0 Å². The lowest BCUT2D eigenvalue weighted by Gasteiger charge is -2.17. The van der Waals surface area contributed by atoms with Gasteiger partial charge in [-0.05, 0) is 31.2 Å². The summed E-state index contributed by atoms with van der Waals surface area (Å²) in [7, 11) is 0. The van der Waals surface area contributed by atoms with Crippen LogP contribution in [0.4, 0.5) is 0 Å². The summed E-state index contributed by atoms with van der Waals surface area (Å²) in [5.41, 5.74) is 0. The van der Waals surface area contributed by atoms with Gasteiger partial charge in [0.05, 0.1) is 12.0 Å². The number of carbonyl (C=O) groups is 1. The van der Waals surface area contributed by atoms with Gasteiger partial charge in [-0.2, -0.15) is 0 Å². The van der Waals surface area contributed by atoms with Crippen LogP contribution in [0, 0.1) is 5.92 Å². The van der Waals surface area contributed by atoms with Crippen LogP contribution in [0.15, 0.2) is 0 Å². The zero-order valence-electron chi connectivity index (χ0n) is 9.62. The van der Waals surface area contributed by atoms with Crippen molar-refractivity contribution in [2.75, 3.05) is 6.61 Å². The minimum absolute atomic E-state index is 0.292. The summed E-state index contributed by atoms with van der Waals surface area (Å²) in [6.07, 6.45) is 0. The average molecular weight is 228 g/mol. The monoisotopic (exact) mass is 228 g/mol. The van der Waals surface area contributed by atoms with E-state index < -0.39 is 11.9 Å². The molecule has 0 aliphatic carbocycles. The summed E-state index contributed by atoms with van der Waals surface area (Å²) in [4.78, 5) is 10.8. The minimum atomic E-state index is -0.870. The number of carboxylic acids is 1. The van der Waals surface area contributed by atoms with E-state index in [1.165, 1.54) is 4.68 Å². The van der Waals surface area contributed by atoms with Crippen LogP contribution < -0.4 is 0 Å². The number of carboxylic acid groups (broad SMARTS) is 1. The first-order valence-corrected chi connectivity index (χ1v) is 5.15. The Balaban J connectivity index is 2.78. The molecule has 1 rings (SSSR count). The Labute approximate surface area is 93.4 Å². The van der Waals surface area contributed by atoms with Crippen molar-refractivity contribution in [3.05, 3.63) is 5.82 Å². The molecule has 1 heterocycles. The zero-order chi connectivity index (χ0) is 12.1. The minimum Gasteiger partial charge on any atom is -0.481 e. The van der Waals surface area contributed by atoms with Crippen LogP contribution in [0.5, 0.6) is 0 Å². The number of tetrazole rings is 1. The summed E-state index contributed by atoms with van der Waals surface area (Å²) in [5, 5.41) is 20.0. The Morgan fingerprint density at radius 1 is 1.56 bits per heavy atom. The molecule has 1 aromatic rings. The highest BCUT2D eigenvalue weighted by Crippen LogP contribution is 2.17. The van der Waals surface area contributed by atoms with E-state index in [9.17, 15) is 4.79 Å². The molecule has 7 heteroatoms. The predicted octanol–water partition coefficient (Wildman–Crippen LogP) is 0.491. The summed E-state index contributed by atoms with van der Waals surface area (Å²) in [6, 6.07) is -0.303. The molecule has 0 aromatic carbocycles. The van der Waals surface area contributed by atoms with Crippen molar-refractivity contribution in [2.45, 2.75) is 33.4 Å². The molecule has 16 heavy (non-hydrogen) atoms. The number of hydrogen-bond acceptors (Lipinski definition) is 5. The van der Waals surface area contributed by atoms with E-state index in [1.54, 1.807) is 13.8 Å². The molecule has 0 saturated heterocycles. The molecule has 2 unspecified atom stereocenters. The number of hydrogen-bond donors (Lipinski definition) is 1. The Morgan fingerprint density at radius 2 is 2.25 bits per heavy atom. The summed E-state index contributed by atoms with van der Waals surface area (Å²) in [5.74, 6) is -0.878. The standard InChI is InChI=1S/C9H16N4O3/c1-4-16-5-8-10-11-12-13(8)7(3)6(2)9(14)15/h6-7H,4-5H2,1-3H3,(H,14,15). The molecule has 0 fully saturated rings. The quantitative estimate of drug-likeness (QED) is 0.762. The Bertz CT molecular complexity index is 352. The highest BCUT2D eigenvalue weighted by Gasteiger charge is 2.24. The first kappa shape index (κ1) is 12.6. The number of ether oxygens (including phenoxy) is 1. The summed E-state index contributed by atoms with van der Waals surface area (Å²) in [6.45, 7) is 6.12. The van der Waals surface area contributed by atoms with Crippen LogP contribution in [0.2, 0.25) is 0 Å². The number of aliphatic carboxylic acids is 1. The molecule has 0 saturated carbocycles. The zero-order valence-corrected chi connectivity index (χ0v) is 9.62. The fraction of sp³-hybridized carbons (Fsp3) is 0.778. The van der Waals surface area contributed by atoms with Gasteiger partial charge in [0, 0.05) is 6.61 Å². The predicted molar refractivity (Wildman–Crippen MR) is 54.7 cm³/mol. The highest BCUT2D eigenvalue weighted by atomic mass is 16.5. The SMILES string of the molecule is CCOCc1nnnn1C(C)C(C)C(=O)O. The van der Waals surface area contributed by atoms with E-state index in [-0.39, 0.29) is 6.04 Å². The van der Waals surface area contributed by atoms with Crippen molar-refractivity contribution in [3.8, 4) is 0 Å². The number of aromatic nitrogens is 4. The summed E-state index contributed by atoms with van der Waals surface area (Å²) >= 11 is 0. The smallest absolute Gasteiger partial charge is 0.308 e. The number of nitrogens with zero attached hydrogens (tertiary/aromatic N) is 4. The fourth-order valence-electron chi connectivity index (χ4n) is 1.24. The van der Waals surface area contributed by atoms with Crippen LogP contribution >= 0.6 is 0 Å². The van der Waals surface area contributed by atoms with Gasteiger partial charge in [-0.15, -0.1) is 5.10 Å². The van der Waals surface area contributed by atoms with Crippen molar-refractivity contribution in [2.24, 2.45) is 5.92 Å². The molecule has 0 aliphatic heterocycles. The van der Waals surface area contributed by atoms with Crippen molar-refractivity contribution < 1.29 is 14.6 Å². The van der Waals surface area contributed by atoms with Crippen molar-refractivity contribution in [3.63, 3.8) is 0 Å². The van der Waals surface area contributed by atoms with Gasteiger partial charge in [0.2, 0.25) is 0 Å². The topological polar surface area (TPSA) is 90.1 Å². The molecule has 0 spiro atoms. The molecule has 7 nitrogen and oxygen atoms in total. The second-order valence-electron chi connectivity index (χ2n) is 3.54. The van der Waals surface area contributed by atoms with E-state index in [0.29, 0.717) is 19.0 Å². The van der Waals surface area contributed by atoms with Crippen LogP contribution in [0.1, 0.15) is 32.6 Å². The lowest BCUT2D eigenvalue weighted by Crippen LogP contribution is -2.24. The first-order chi connectivity index (χ1) is 7.57. The van der Waals surface area contributed by atoms with Crippen molar-refractivity contribution >= 4 is 5.97 Å². The maximum atomic E-state index is 10.8. The molecule has 90 valence electrons. The summed E-state index contributed by atoms with van der Waals surface area (Å²) < 4.78 is 6.69. The van der Waals surface area contributed by atoms with Crippen LogP contribution in [0.25, 0.3) is 0 Å². The third-order valence-corrected chi connectivity index (χ3v) is 2.50. The molecule has 1 aromatic heterocycles. The molecule has 0 radical (unpaired) electrons. The van der Waals surface area contributed by atoms with E-state index in [0.717, 1.165) is 0 Å². The molecular weight excluding hydrogens is 212 g/mol. The van der Waals surface area contributed by atoms with Gasteiger partial charge in [0.1, 0.15) is 6.61 Å². The molecular formula is C9H16N4O3. The first-order valence-electron chi connectivity index (χ1n) is 5.15. The molecule has 0 aliphatic rings. The fourth-order valence-corrected chi connectivity index (χ4v) is 1.24. The molecule has 0 amide bonds. The Kier molecular flexibility index (Phi) is 4.36. The normalized spacial score (nSPS) is 14.7. The third-order valence-electron chi connectivity index (χ3n) is 2.50. The Morgan fingerprint density at radius 3 is 2.81 bits per heavy atom. The maximum Gasteiger partial charge on any atom is 0.308 e. The van der Waals surface area contributed by atoms with E-state index >= 15 is 0 Å². The average Bonchev–Trinajstić information content (AvgIpc) is 2.72. The lowest BCUT2D eigenvalue weighted by atomic mass is 10.0. The van der Waals surface area contributed by atoms with E-state index in [2.05, 4.69) is 15.5 Å². The maximum absolute atomic E-state index is 10.8. The van der Waals surface area contributed by atoms with E-state index in [1.807, 2.05) is 6.92 Å². The van der Waals surface area contributed by atoms with Gasteiger partial charge < -0.3 is 9.84 Å². The molecule has 0 bridgehead atoms. The highest BCUT2D eigenvalue weighted by molar-refractivity contribution is 5.70. The van der Waals surface area contributed by atoms with Gasteiger partial charge in [-0.1, -0.05) is 0 Å². The van der Waals surface area contributed by atoms with Gasteiger partial charge in [-0.3, -0.25) is 4.79 Å². The second kappa shape index (κ2) is 5.55. The number of rotatable bonds is 6. The molecule has 2 atom stereocenters. The van der Waals surface area contributed by atoms with E-state index in [4.69, 9.17) is 9.84 Å². The van der Waals surface area contributed by atoms with Crippen LogP contribution in [-0.2, 0) is 16.1 Å². The third kappa shape index (κ3) is 2.75. The molecule has 1 N–H and O–H groups in total. The van der Waals surface area contributed by atoms with Gasteiger partial charge >= 0.3 is 5.97 Å². The largest absolute Gasteiger partial charge is 0.481 e. The van der Waals surface area contributed by atoms with Crippen LogP contribution in [0.3, 0.4) is 0 Å². The lowest BCUT2D eigenvalue weighted by molar-refractivity contribution is -0.142.